The van der Waals surface area contributed by atoms with E-state index in [0.717, 1.165) is 17.6 Å². The zero-order valence-corrected chi connectivity index (χ0v) is 12.7. The SMILES string of the molecule is O=c1c2cc([N+](=O)[O-])ccc2nc2n1CC/C2=C/c1ccsc1. The molecule has 0 unspecified atom stereocenters. The Kier molecular flexibility index (Phi) is 3.09. The first-order valence-corrected chi connectivity index (χ1v) is 8.00. The summed E-state index contributed by atoms with van der Waals surface area (Å²) in [5.41, 5.74) is 2.29. The number of thiophene rings is 1. The second kappa shape index (κ2) is 5.13. The molecule has 0 amide bonds. The van der Waals surface area contributed by atoms with Crippen molar-refractivity contribution in [3.8, 4) is 0 Å². The maximum atomic E-state index is 12.6. The van der Waals surface area contributed by atoms with Gasteiger partial charge in [-0.05, 0) is 46.5 Å². The van der Waals surface area contributed by atoms with E-state index < -0.39 is 4.92 Å². The van der Waals surface area contributed by atoms with Crippen molar-refractivity contribution in [3.63, 3.8) is 0 Å². The molecule has 23 heavy (non-hydrogen) atoms. The Morgan fingerprint density at radius 2 is 2.22 bits per heavy atom. The number of hydrogen-bond donors (Lipinski definition) is 0. The summed E-state index contributed by atoms with van der Waals surface area (Å²) in [6.45, 7) is 0.551. The van der Waals surface area contributed by atoms with Gasteiger partial charge in [-0.1, -0.05) is 0 Å². The van der Waals surface area contributed by atoms with Gasteiger partial charge in [-0.25, -0.2) is 4.98 Å². The number of allylic oxidation sites excluding steroid dienone is 1. The Hall–Kier alpha value is -2.80. The van der Waals surface area contributed by atoms with Crippen LogP contribution in [0.3, 0.4) is 0 Å². The van der Waals surface area contributed by atoms with Crippen molar-refractivity contribution in [1.29, 1.82) is 0 Å². The lowest BCUT2D eigenvalue weighted by atomic mass is 10.1. The monoisotopic (exact) mass is 325 g/mol. The molecule has 0 atom stereocenters. The van der Waals surface area contributed by atoms with Gasteiger partial charge in [0, 0.05) is 18.7 Å². The van der Waals surface area contributed by atoms with Crippen LogP contribution in [0.1, 0.15) is 17.8 Å². The maximum Gasteiger partial charge on any atom is 0.270 e. The molecule has 1 aliphatic rings. The second-order valence-electron chi connectivity index (χ2n) is 5.33. The first-order valence-electron chi connectivity index (χ1n) is 7.05. The normalized spacial score (nSPS) is 15.2. The summed E-state index contributed by atoms with van der Waals surface area (Å²) in [5.74, 6) is 0.655. The number of hydrogen-bond acceptors (Lipinski definition) is 5. The van der Waals surface area contributed by atoms with Gasteiger partial charge in [-0.3, -0.25) is 19.5 Å². The third-order valence-electron chi connectivity index (χ3n) is 3.92. The average molecular weight is 325 g/mol. The van der Waals surface area contributed by atoms with Gasteiger partial charge in [0.25, 0.3) is 11.2 Å². The van der Waals surface area contributed by atoms with Crippen LogP contribution in [-0.4, -0.2) is 14.5 Å². The first-order chi connectivity index (χ1) is 11.1. The molecule has 7 heteroatoms. The van der Waals surface area contributed by atoms with Crippen LogP contribution in [0.5, 0.6) is 0 Å². The minimum absolute atomic E-state index is 0.0935. The zero-order valence-electron chi connectivity index (χ0n) is 11.9. The molecule has 0 bridgehead atoms. The van der Waals surface area contributed by atoms with E-state index in [1.54, 1.807) is 15.9 Å². The molecule has 0 saturated carbocycles. The number of rotatable bonds is 2. The molecule has 114 valence electrons. The standard InChI is InChI=1S/C16H11N3O3S/c20-16-13-8-12(19(21)22)1-2-14(13)17-15-11(3-5-18(15)16)7-10-4-6-23-9-10/h1-2,4,6-9H,3,5H2/b11-7-. The van der Waals surface area contributed by atoms with Gasteiger partial charge in [0.2, 0.25) is 0 Å². The van der Waals surface area contributed by atoms with Crippen molar-refractivity contribution >= 4 is 39.6 Å². The van der Waals surface area contributed by atoms with Gasteiger partial charge in [0.15, 0.2) is 0 Å². The van der Waals surface area contributed by atoms with Gasteiger partial charge in [-0.15, -0.1) is 0 Å². The van der Waals surface area contributed by atoms with E-state index in [-0.39, 0.29) is 11.2 Å². The molecule has 0 aliphatic carbocycles. The summed E-state index contributed by atoms with van der Waals surface area (Å²) in [6, 6.07) is 6.24. The molecule has 3 heterocycles. The number of nitro benzene ring substituents is 1. The number of fused-ring (bicyclic) bond motifs is 2. The maximum absolute atomic E-state index is 12.6. The predicted molar refractivity (Wildman–Crippen MR) is 89.5 cm³/mol. The molecule has 0 N–H and O–H groups in total. The molecule has 0 saturated heterocycles. The summed E-state index contributed by atoms with van der Waals surface area (Å²) in [5, 5.41) is 15.2. The highest BCUT2D eigenvalue weighted by molar-refractivity contribution is 7.08. The number of benzene rings is 1. The van der Waals surface area contributed by atoms with Gasteiger partial charge in [-0.2, -0.15) is 11.3 Å². The molecular formula is C16H11N3O3S. The molecule has 0 fully saturated rings. The third kappa shape index (κ3) is 2.25. The quantitative estimate of drug-likeness (QED) is 0.535. The van der Waals surface area contributed by atoms with E-state index >= 15 is 0 Å². The van der Waals surface area contributed by atoms with Crippen molar-refractivity contribution in [3.05, 3.63) is 66.9 Å². The van der Waals surface area contributed by atoms with E-state index in [4.69, 9.17) is 0 Å². The van der Waals surface area contributed by atoms with Crippen LogP contribution >= 0.6 is 11.3 Å². The van der Waals surface area contributed by atoms with Crippen LogP contribution in [0.2, 0.25) is 0 Å². The highest BCUT2D eigenvalue weighted by Crippen LogP contribution is 2.28. The third-order valence-corrected chi connectivity index (χ3v) is 4.63. The van der Waals surface area contributed by atoms with Crippen molar-refractivity contribution in [2.75, 3.05) is 0 Å². The lowest BCUT2D eigenvalue weighted by Crippen LogP contribution is -2.20. The highest BCUT2D eigenvalue weighted by atomic mass is 32.1. The van der Waals surface area contributed by atoms with Crippen LogP contribution in [-0.2, 0) is 6.54 Å². The summed E-state index contributed by atoms with van der Waals surface area (Å²) in [6.07, 6.45) is 2.77. The summed E-state index contributed by atoms with van der Waals surface area (Å²) < 4.78 is 1.60. The van der Waals surface area contributed by atoms with Crippen LogP contribution in [0, 0.1) is 10.1 Å². The van der Waals surface area contributed by atoms with Gasteiger partial charge in [0.05, 0.1) is 15.8 Å². The Morgan fingerprint density at radius 1 is 1.35 bits per heavy atom. The van der Waals surface area contributed by atoms with Crippen molar-refractivity contribution in [2.45, 2.75) is 13.0 Å². The Balaban J connectivity index is 1.92. The van der Waals surface area contributed by atoms with Crippen LogP contribution < -0.4 is 5.56 Å². The molecule has 1 aliphatic heterocycles. The number of nitro groups is 1. The van der Waals surface area contributed by atoms with E-state index in [2.05, 4.69) is 4.98 Å². The lowest BCUT2D eigenvalue weighted by molar-refractivity contribution is -0.384. The van der Waals surface area contributed by atoms with Crippen molar-refractivity contribution in [2.24, 2.45) is 0 Å². The van der Waals surface area contributed by atoms with Crippen LogP contribution in [0.25, 0.3) is 22.6 Å². The lowest BCUT2D eigenvalue weighted by Gasteiger charge is -2.05. The van der Waals surface area contributed by atoms with Gasteiger partial charge >= 0.3 is 0 Å². The smallest absolute Gasteiger partial charge is 0.270 e. The average Bonchev–Trinajstić information content (AvgIpc) is 3.18. The summed E-state index contributed by atoms with van der Waals surface area (Å²) >= 11 is 1.62. The fraction of sp³-hybridized carbons (Fsp3) is 0.125. The summed E-state index contributed by atoms with van der Waals surface area (Å²) in [7, 11) is 0. The van der Waals surface area contributed by atoms with Crippen molar-refractivity contribution in [1.82, 2.24) is 9.55 Å². The molecule has 3 aromatic rings. The first kappa shape index (κ1) is 13.8. The van der Waals surface area contributed by atoms with Crippen LogP contribution in [0.15, 0.2) is 39.8 Å². The topological polar surface area (TPSA) is 78.0 Å². The fourth-order valence-electron chi connectivity index (χ4n) is 2.81. The second-order valence-corrected chi connectivity index (χ2v) is 6.11. The molecular weight excluding hydrogens is 314 g/mol. The van der Waals surface area contributed by atoms with Crippen molar-refractivity contribution < 1.29 is 4.92 Å². The molecule has 2 aromatic heterocycles. The highest BCUT2D eigenvalue weighted by Gasteiger charge is 2.22. The summed E-state index contributed by atoms with van der Waals surface area (Å²) in [4.78, 5) is 27.6. The Morgan fingerprint density at radius 3 is 2.96 bits per heavy atom. The number of non-ortho nitro benzene ring substituents is 1. The molecule has 6 nitrogen and oxygen atoms in total. The van der Waals surface area contributed by atoms with E-state index in [9.17, 15) is 14.9 Å². The zero-order chi connectivity index (χ0) is 16.0. The Bertz CT molecular complexity index is 1020. The predicted octanol–water partition coefficient (Wildman–Crippen LogP) is 3.31. The Labute approximate surface area is 134 Å². The van der Waals surface area contributed by atoms with E-state index in [1.807, 2.05) is 22.9 Å². The fourth-order valence-corrected chi connectivity index (χ4v) is 3.43. The van der Waals surface area contributed by atoms with E-state index in [0.29, 0.717) is 23.3 Å². The molecule has 0 spiro atoms. The number of aromatic nitrogens is 2. The van der Waals surface area contributed by atoms with E-state index in [1.165, 1.54) is 18.2 Å². The van der Waals surface area contributed by atoms with Gasteiger partial charge in [0.1, 0.15) is 5.82 Å². The minimum Gasteiger partial charge on any atom is -0.292 e. The van der Waals surface area contributed by atoms with Gasteiger partial charge < -0.3 is 0 Å². The number of nitrogens with zero attached hydrogens (tertiary/aromatic N) is 3. The minimum atomic E-state index is -0.501. The molecule has 4 rings (SSSR count). The largest absolute Gasteiger partial charge is 0.292 e. The van der Waals surface area contributed by atoms with Crippen LogP contribution in [0.4, 0.5) is 5.69 Å². The molecule has 1 aromatic carbocycles. The molecule has 0 radical (unpaired) electrons.